The third kappa shape index (κ3) is 3.92. The van der Waals surface area contributed by atoms with Crippen LogP contribution in [-0.2, 0) is 9.53 Å². The van der Waals surface area contributed by atoms with Crippen molar-refractivity contribution in [1.82, 2.24) is 10.3 Å². The van der Waals surface area contributed by atoms with Gasteiger partial charge in [-0.3, -0.25) is 4.79 Å². The number of nitrogens with zero attached hydrogens (tertiary/aromatic N) is 2. The van der Waals surface area contributed by atoms with Crippen LogP contribution >= 0.6 is 0 Å². The molecular weight excluding hydrogens is 268 g/mol. The third-order valence-electron chi connectivity index (χ3n) is 3.88. The predicted molar refractivity (Wildman–Crippen MR) is 81.5 cm³/mol. The number of hydrogen-bond donors (Lipinski definition) is 2. The highest BCUT2D eigenvalue weighted by atomic mass is 16.5. The molecule has 3 heterocycles. The summed E-state index contributed by atoms with van der Waals surface area (Å²) in [5.74, 6) is 0.963. The Balaban J connectivity index is 1.50. The first-order valence-electron chi connectivity index (χ1n) is 7.64. The molecule has 0 spiro atoms. The molecular formula is C15H22N4O2. The van der Waals surface area contributed by atoms with Crippen molar-refractivity contribution in [2.75, 3.05) is 43.0 Å². The molecule has 6 nitrogen and oxygen atoms in total. The van der Waals surface area contributed by atoms with Crippen molar-refractivity contribution >= 4 is 17.4 Å². The van der Waals surface area contributed by atoms with Crippen LogP contribution in [0.3, 0.4) is 0 Å². The van der Waals surface area contributed by atoms with Gasteiger partial charge in [0.2, 0.25) is 5.91 Å². The SMILES string of the molecule is O=C(CC1CNCCO1)Nc1ccc(N2CCCC2)nc1. The van der Waals surface area contributed by atoms with E-state index in [4.69, 9.17) is 4.74 Å². The van der Waals surface area contributed by atoms with Gasteiger partial charge in [0.15, 0.2) is 0 Å². The summed E-state index contributed by atoms with van der Waals surface area (Å²) in [4.78, 5) is 18.7. The summed E-state index contributed by atoms with van der Waals surface area (Å²) in [6.45, 7) is 4.42. The monoisotopic (exact) mass is 290 g/mol. The lowest BCUT2D eigenvalue weighted by atomic mass is 10.2. The number of ether oxygens (including phenoxy) is 1. The Bertz CT molecular complexity index is 465. The van der Waals surface area contributed by atoms with E-state index in [0.717, 1.165) is 37.7 Å². The van der Waals surface area contributed by atoms with Crippen LogP contribution in [0.4, 0.5) is 11.5 Å². The van der Waals surface area contributed by atoms with Crippen LogP contribution in [0.1, 0.15) is 19.3 Å². The summed E-state index contributed by atoms with van der Waals surface area (Å²) in [5, 5.41) is 6.10. The maximum absolute atomic E-state index is 12.0. The molecule has 0 saturated carbocycles. The minimum Gasteiger partial charge on any atom is -0.375 e. The summed E-state index contributed by atoms with van der Waals surface area (Å²) >= 11 is 0. The Morgan fingerprint density at radius 1 is 1.43 bits per heavy atom. The zero-order chi connectivity index (χ0) is 14.5. The first-order chi connectivity index (χ1) is 10.3. The molecule has 114 valence electrons. The van der Waals surface area contributed by atoms with E-state index in [1.807, 2.05) is 12.1 Å². The summed E-state index contributed by atoms with van der Waals surface area (Å²) in [6, 6.07) is 3.89. The van der Waals surface area contributed by atoms with E-state index in [1.54, 1.807) is 6.20 Å². The second kappa shape index (κ2) is 6.87. The van der Waals surface area contributed by atoms with Gasteiger partial charge in [0.1, 0.15) is 5.82 Å². The van der Waals surface area contributed by atoms with Crippen molar-refractivity contribution in [3.05, 3.63) is 18.3 Å². The van der Waals surface area contributed by atoms with Gasteiger partial charge in [-0.1, -0.05) is 0 Å². The second-order valence-electron chi connectivity index (χ2n) is 5.55. The quantitative estimate of drug-likeness (QED) is 0.866. The van der Waals surface area contributed by atoms with Crippen molar-refractivity contribution in [2.24, 2.45) is 0 Å². The number of nitrogens with one attached hydrogen (secondary N) is 2. The number of aromatic nitrogens is 1. The molecule has 2 aliphatic heterocycles. The Morgan fingerprint density at radius 2 is 2.29 bits per heavy atom. The molecule has 3 rings (SSSR count). The molecule has 2 saturated heterocycles. The van der Waals surface area contributed by atoms with Crippen molar-refractivity contribution < 1.29 is 9.53 Å². The summed E-state index contributed by atoms with van der Waals surface area (Å²) in [5.41, 5.74) is 0.742. The maximum Gasteiger partial charge on any atom is 0.227 e. The van der Waals surface area contributed by atoms with Gasteiger partial charge in [-0.2, -0.15) is 0 Å². The highest BCUT2D eigenvalue weighted by molar-refractivity contribution is 5.90. The normalized spacial score (nSPS) is 22.3. The van der Waals surface area contributed by atoms with Crippen LogP contribution in [0.2, 0.25) is 0 Å². The van der Waals surface area contributed by atoms with Gasteiger partial charge in [-0.25, -0.2) is 4.98 Å². The van der Waals surface area contributed by atoms with Crippen LogP contribution in [0.15, 0.2) is 18.3 Å². The fourth-order valence-electron chi connectivity index (χ4n) is 2.76. The highest BCUT2D eigenvalue weighted by Crippen LogP contribution is 2.19. The predicted octanol–water partition coefficient (Wildman–Crippen LogP) is 0.999. The van der Waals surface area contributed by atoms with Crippen molar-refractivity contribution in [3.8, 4) is 0 Å². The molecule has 0 aromatic carbocycles. The van der Waals surface area contributed by atoms with Gasteiger partial charge < -0.3 is 20.3 Å². The van der Waals surface area contributed by atoms with Crippen molar-refractivity contribution in [2.45, 2.75) is 25.4 Å². The molecule has 6 heteroatoms. The van der Waals surface area contributed by atoms with E-state index in [9.17, 15) is 4.79 Å². The van der Waals surface area contributed by atoms with Gasteiger partial charge in [-0.05, 0) is 25.0 Å². The standard InChI is InChI=1S/C15H22N4O2/c20-15(9-13-11-16-5-8-21-13)18-12-3-4-14(17-10-12)19-6-1-2-7-19/h3-4,10,13,16H,1-2,5-9,11H2,(H,18,20). The number of rotatable bonds is 4. The van der Waals surface area contributed by atoms with Gasteiger partial charge in [0, 0.05) is 26.2 Å². The van der Waals surface area contributed by atoms with Crippen molar-refractivity contribution in [1.29, 1.82) is 0 Å². The second-order valence-corrected chi connectivity index (χ2v) is 5.55. The molecule has 2 aliphatic rings. The highest BCUT2D eigenvalue weighted by Gasteiger charge is 2.18. The first kappa shape index (κ1) is 14.3. The maximum atomic E-state index is 12.0. The van der Waals surface area contributed by atoms with E-state index in [-0.39, 0.29) is 12.0 Å². The van der Waals surface area contributed by atoms with Gasteiger partial charge in [0.05, 0.1) is 31.0 Å². The van der Waals surface area contributed by atoms with Gasteiger partial charge in [-0.15, -0.1) is 0 Å². The zero-order valence-electron chi connectivity index (χ0n) is 12.2. The topological polar surface area (TPSA) is 66.5 Å². The average molecular weight is 290 g/mol. The molecule has 0 aliphatic carbocycles. The smallest absolute Gasteiger partial charge is 0.227 e. The van der Waals surface area contributed by atoms with E-state index in [1.165, 1.54) is 12.8 Å². The molecule has 2 N–H and O–H groups in total. The van der Waals surface area contributed by atoms with E-state index < -0.39 is 0 Å². The zero-order valence-corrected chi connectivity index (χ0v) is 12.2. The Morgan fingerprint density at radius 3 is 2.95 bits per heavy atom. The first-order valence-corrected chi connectivity index (χ1v) is 7.64. The van der Waals surface area contributed by atoms with Gasteiger partial charge >= 0.3 is 0 Å². The van der Waals surface area contributed by atoms with E-state index in [2.05, 4.69) is 20.5 Å². The minimum atomic E-state index is -0.0319. The fraction of sp³-hybridized carbons (Fsp3) is 0.600. The number of anilines is 2. The molecule has 1 amide bonds. The largest absolute Gasteiger partial charge is 0.375 e. The van der Waals surface area contributed by atoms with E-state index >= 15 is 0 Å². The number of amides is 1. The Labute approximate surface area is 124 Å². The van der Waals surface area contributed by atoms with Crippen molar-refractivity contribution in [3.63, 3.8) is 0 Å². The average Bonchev–Trinajstić information content (AvgIpc) is 3.03. The summed E-state index contributed by atoms with van der Waals surface area (Å²) in [7, 11) is 0. The third-order valence-corrected chi connectivity index (χ3v) is 3.88. The fourth-order valence-corrected chi connectivity index (χ4v) is 2.76. The molecule has 1 aromatic heterocycles. The van der Waals surface area contributed by atoms with Crippen LogP contribution in [0.25, 0.3) is 0 Å². The molecule has 0 bridgehead atoms. The number of hydrogen-bond acceptors (Lipinski definition) is 5. The number of carbonyl (C=O) groups excluding carboxylic acids is 1. The molecule has 1 atom stereocenters. The number of pyridine rings is 1. The van der Waals surface area contributed by atoms with Crippen LogP contribution in [0.5, 0.6) is 0 Å². The van der Waals surface area contributed by atoms with E-state index in [0.29, 0.717) is 13.0 Å². The number of morpholine rings is 1. The van der Waals surface area contributed by atoms with Crippen LogP contribution in [0, 0.1) is 0 Å². The van der Waals surface area contributed by atoms with Gasteiger partial charge in [0.25, 0.3) is 0 Å². The van der Waals surface area contributed by atoms with Crippen LogP contribution < -0.4 is 15.5 Å². The lowest BCUT2D eigenvalue weighted by molar-refractivity contribution is -0.119. The summed E-state index contributed by atoms with van der Waals surface area (Å²) in [6.07, 6.45) is 4.54. The molecule has 21 heavy (non-hydrogen) atoms. The molecule has 0 radical (unpaired) electrons. The molecule has 1 aromatic rings. The molecule has 2 fully saturated rings. The lowest BCUT2D eigenvalue weighted by Crippen LogP contribution is -2.40. The molecule has 1 unspecified atom stereocenters. The number of carbonyl (C=O) groups is 1. The minimum absolute atomic E-state index is 0.0283. The lowest BCUT2D eigenvalue weighted by Gasteiger charge is -2.23. The van der Waals surface area contributed by atoms with Crippen LogP contribution in [-0.4, -0.2) is 49.8 Å². The Hall–Kier alpha value is -1.66. The Kier molecular flexibility index (Phi) is 4.67. The summed E-state index contributed by atoms with van der Waals surface area (Å²) < 4.78 is 5.53.